The predicted octanol–water partition coefficient (Wildman–Crippen LogP) is 4.72. The number of anilines is 1. The fourth-order valence-corrected chi connectivity index (χ4v) is 4.59. The summed E-state index contributed by atoms with van der Waals surface area (Å²) in [7, 11) is -4.21. The van der Waals surface area contributed by atoms with E-state index in [1.165, 1.54) is 6.92 Å². The number of hydrogen-bond acceptors (Lipinski definition) is 4. The summed E-state index contributed by atoms with van der Waals surface area (Å²) in [4.78, 5) is 27.2. The zero-order valence-corrected chi connectivity index (χ0v) is 22.1. The smallest absolute Gasteiger partial charge is 0.354 e. The molecule has 198 valence electrons. The van der Waals surface area contributed by atoms with E-state index in [9.17, 15) is 31.2 Å². The molecule has 2 rings (SSSR count). The van der Waals surface area contributed by atoms with Gasteiger partial charge in [-0.15, -0.1) is 0 Å². The third-order valence-electron chi connectivity index (χ3n) is 5.18. The van der Waals surface area contributed by atoms with Gasteiger partial charge in [-0.1, -0.05) is 42.3 Å². The third-order valence-corrected chi connectivity index (χ3v) is 6.89. The number of rotatable bonds is 10. The first-order valence-electron chi connectivity index (χ1n) is 10.8. The summed E-state index contributed by atoms with van der Waals surface area (Å²) in [5, 5.41) is 2.45. The maximum atomic E-state index is 13.4. The first-order valence-corrected chi connectivity index (χ1v) is 13.4. The summed E-state index contributed by atoms with van der Waals surface area (Å²) in [6.45, 7) is 2.76. The lowest BCUT2D eigenvalue weighted by Crippen LogP contribution is -2.51. The summed E-state index contributed by atoms with van der Waals surface area (Å²) in [5.74, 6) is -1.27. The molecule has 0 fully saturated rings. The number of sulfonamides is 1. The van der Waals surface area contributed by atoms with Gasteiger partial charge in [-0.05, 0) is 49.2 Å². The van der Waals surface area contributed by atoms with Crippen LogP contribution in [-0.2, 0) is 32.3 Å². The standard InChI is InChI=1S/C23H26Cl2F3N3O4S/c1-4-10-29-22(33)15(2)30(13-16-6-5-7-17(24)11-16)21(32)14-31(36(3,34)35)18-8-9-20(25)19(12-18)23(26,27)28/h5-9,11-12,15H,4,10,13-14H2,1-3H3,(H,29,33)/t15-/m0/s1. The highest BCUT2D eigenvalue weighted by Gasteiger charge is 2.35. The normalized spacial score (nSPS) is 12.7. The monoisotopic (exact) mass is 567 g/mol. The van der Waals surface area contributed by atoms with Gasteiger partial charge in [0.2, 0.25) is 21.8 Å². The topological polar surface area (TPSA) is 86.8 Å². The van der Waals surface area contributed by atoms with Gasteiger partial charge in [0, 0.05) is 18.1 Å². The molecule has 0 aliphatic rings. The maximum Gasteiger partial charge on any atom is 0.417 e. The van der Waals surface area contributed by atoms with Crippen LogP contribution in [0.4, 0.5) is 18.9 Å². The Bertz CT molecular complexity index is 1210. The second-order valence-corrected chi connectivity index (χ2v) is 10.8. The lowest BCUT2D eigenvalue weighted by atomic mass is 10.1. The number of halogens is 5. The van der Waals surface area contributed by atoms with E-state index < -0.39 is 56.9 Å². The first kappa shape index (κ1) is 29.7. The maximum absolute atomic E-state index is 13.4. The third kappa shape index (κ3) is 8.01. The lowest BCUT2D eigenvalue weighted by molar-refractivity contribution is -0.139. The second-order valence-electron chi connectivity index (χ2n) is 8.05. The number of benzene rings is 2. The van der Waals surface area contributed by atoms with Gasteiger partial charge in [-0.25, -0.2) is 8.42 Å². The molecule has 2 amide bonds. The van der Waals surface area contributed by atoms with Crippen LogP contribution < -0.4 is 9.62 Å². The van der Waals surface area contributed by atoms with Crippen LogP contribution in [0.1, 0.15) is 31.4 Å². The zero-order chi connectivity index (χ0) is 27.3. The van der Waals surface area contributed by atoms with Crippen LogP contribution in [0.5, 0.6) is 0 Å². The van der Waals surface area contributed by atoms with Crippen molar-refractivity contribution >= 4 is 50.7 Å². The van der Waals surface area contributed by atoms with Gasteiger partial charge < -0.3 is 10.2 Å². The molecule has 2 aromatic rings. The van der Waals surface area contributed by atoms with Crippen molar-refractivity contribution in [1.29, 1.82) is 0 Å². The van der Waals surface area contributed by atoms with Crippen LogP contribution in [-0.4, -0.2) is 50.5 Å². The Morgan fingerprint density at radius 2 is 1.78 bits per heavy atom. The Kier molecular flexibility index (Phi) is 10.0. The molecule has 0 aliphatic carbocycles. The molecular weight excluding hydrogens is 542 g/mol. The van der Waals surface area contributed by atoms with E-state index in [1.807, 2.05) is 6.92 Å². The van der Waals surface area contributed by atoms with Crippen molar-refractivity contribution in [2.75, 3.05) is 23.7 Å². The molecule has 0 saturated carbocycles. The van der Waals surface area contributed by atoms with Crippen LogP contribution in [0.3, 0.4) is 0 Å². The van der Waals surface area contributed by atoms with Gasteiger partial charge in [-0.3, -0.25) is 13.9 Å². The number of hydrogen-bond donors (Lipinski definition) is 1. The van der Waals surface area contributed by atoms with Crippen molar-refractivity contribution in [2.45, 2.75) is 39.0 Å². The number of nitrogens with zero attached hydrogens (tertiary/aromatic N) is 2. The van der Waals surface area contributed by atoms with Crippen molar-refractivity contribution in [2.24, 2.45) is 0 Å². The number of carbonyl (C=O) groups excluding carboxylic acids is 2. The Morgan fingerprint density at radius 1 is 1.11 bits per heavy atom. The number of nitrogens with one attached hydrogen (secondary N) is 1. The molecule has 0 aliphatic heterocycles. The van der Waals surface area contributed by atoms with Gasteiger partial charge in [0.05, 0.1) is 22.5 Å². The van der Waals surface area contributed by atoms with Gasteiger partial charge in [0.1, 0.15) is 12.6 Å². The highest BCUT2D eigenvalue weighted by Crippen LogP contribution is 2.37. The molecule has 0 spiro atoms. The Hall–Kier alpha value is -2.50. The zero-order valence-electron chi connectivity index (χ0n) is 19.8. The summed E-state index contributed by atoms with van der Waals surface area (Å²) in [6, 6.07) is 8.07. The quantitative estimate of drug-likeness (QED) is 0.450. The van der Waals surface area contributed by atoms with Crippen LogP contribution in [0.2, 0.25) is 10.0 Å². The SMILES string of the molecule is CCCNC(=O)[C@H](C)N(Cc1cccc(Cl)c1)C(=O)CN(c1ccc(Cl)c(C(F)(F)F)c1)S(C)(=O)=O. The molecule has 7 nitrogen and oxygen atoms in total. The molecule has 0 saturated heterocycles. The molecule has 0 heterocycles. The largest absolute Gasteiger partial charge is 0.417 e. The highest BCUT2D eigenvalue weighted by molar-refractivity contribution is 7.92. The van der Waals surface area contributed by atoms with Crippen molar-refractivity contribution in [1.82, 2.24) is 10.2 Å². The molecule has 0 radical (unpaired) electrons. The molecule has 1 atom stereocenters. The van der Waals surface area contributed by atoms with Crippen LogP contribution in [0.15, 0.2) is 42.5 Å². The average Bonchev–Trinajstić information content (AvgIpc) is 2.78. The molecule has 13 heteroatoms. The van der Waals surface area contributed by atoms with E-state index in [0.29, 0.717) is 33.9 Å². The second kappa shape index (κ2) is 12.2. The Labute approximate surface area is 218 Å². The van der Waals surface area contributed by atoms with Gasteiger partial charge in [0.25, 0.3) is 0 Å². The fraction of sp³-hybridized carbons (Fsp3) is 0.391. The van der Waals surface area contributed by atoms with E-state index in [2.05, 4.69) is 5.32 Å². The summed E-state index contributed by atoms with van der Waals surface area (Å²) in [6.07, 6.45) is -3.42. The molecule has 0 aromatic heterocycles. The number of alkyl halides is 3. The predicted molar refractivity (Wildman–Crippen MR) is 133 cm³/mol. The molecule has 36 heavy (non-hydrogen) atoms. The summed E-state index contributed by atoms with van der Waals surface area (Å²) >= 11 is 11.7. The summed E-state index contributed by atoms with van der Waals surface area (Å²) in [5.41, 5.74) is -1.07. The fourth-order valence-electron chi connectivity index (χ4n) is 3.31. The van der Waals surface area contributed by atoms with E-state index >= 15 is 0 Å². The molecule has 0 bridgehead atoms. The van der Waals surface area contributed by atoms with E-state index in [1.54, 1.807) is 24.3 Å². The van der Waals surface area contributed by atoms with Gasteiger partial charge in [-0.2, -0.15) is 13.2 Å². The van der Waals surface area contributed by atoms with Crippen molar-refractivity contribution in [3.8, 4) is 0 Å². The van der Waals surface area contributed by atoms with Gasteiger partial charge >= 0.3 is 6.18 Å². The summed E-state index contributed by atoms with van der Waals surface area (Å²) < 4.78 is 65.7. The number of amides is 2. The minimum Gasteiger partial charge on any atom is -0.354 e. The van der Waals surface area contributed by atoms with Gasteiger partial charge in [0.15, 0.2) is 0 Å². The molecule has 1 N–H and O–H groups in total. The van der Waals surface area contributed by atoms with Crippen LogP contribution in [0, 0.1) is 0 Å². The van der Waals surface area contributed by atoms with Crippen LogP contribution in [0.25, 0.3) is 0 Å². The Morgan fingerprint density at radius 3 is 2.33 bits per heavy atom. The average molecular weight is 568 g/mol. The first-order chi connectivity index (χ1) is 16.6. The van der Waals surface area contributed by atoms with E-state index in [4.69, 9.17) is 23.2 Å². The van der Waals surface area contributed by atoms with Crippen molar-refractivity contribution in [3.63, 3.8) is 0 Å². The lowest BCUT2D eigenvalue weighted by Gasteiger charge is -2.31. The van der Waals surface area contributed by atoms with Crippen molar-refractivity contribution < 1.29 is 31.2 Å². The molecular formula is C23H26Cl2F3N3O4S. The molecule has 2 aromatic carbocycles. The van der Waals surface area contributed by atoms with E-state index in [-0.39, 0.29) is 6.54 Å². The minimum atomic E-state index is -4.84. The molecule has 0 unspecified atom stereocenters. The minimum absolute atomic E-state index is 0.0911. The van der Waals surface area contributed by atoms with E-state index in [0.717, 1.165) is 23.3 Å². The Balaban J connectivity index is 2.46. The van der Waals surface area contributed by atoms with Crippen LogP contribution >= 0.6 is 23.2 Å². The number of carbonyl (C=O) groups is 2. The highest BCUT2D eigenvalue weighted by atomic mass is 35.5. The van der Waals surface area contributed by atoms with Crippen molar-refractivity contribution in [3.05, 3.63) is 63.6 Å².